The third kappa shape index (κ3) is 3.18. The second-order valence-corrected chi connectivity index (χ2v) is 6.81. The molecule has 1 fully saturated rings. The number of thiophene rings is 1. The maximum Gasteiger partial charge on any atom is 0.241 e. The number of rotatable bonds is 6. The molecule has 0 aromatic carbocycles. The van der Waals surface area contributed by atoms with Gasteiger partial charge in [0.05, 0.1) is 17.7 Å². The number of likely N-dealkylation sites (tertiary alicyclic amines) is 1. The highest BCUT2D eigenvalue weighted by Gasteiger charge is 2.28. The molecule has 0 saturated carbocycles. The smallest absolute Gasteiger partial charge is 0.241 e. The van der Waals surface area contributed by atoms with Crippen molar-refractivity contribution in [3.63, 3.8) is 0 Å². The molecule has 0 bridgehead atoms. The largest absolute Gasteiger partial charge is 0.461 e. The van der Waals surface area contributed by atoms with Crippen molar-refractivity contribution in [3.8, 4) is 11.6 Å². The van der Waals surface area contributed by atoms with E-state index in [0.29, 0.717) is 30.4 Å². The van der Waals surface area contributed by atoms with Crippen molar-refractivity contribution in [1.82, 2.24) is 15.0 Å². The third-order valence-electron chi connectivity index (χ3n) is 4.26. The number of nitrogens with zero attached hydrogens (tertiary/aromatic N) is 3. The van der Waals surface area contributed by atoms with Crippen LogP contribution >= 0.6 is 11.3 Å². The lowest BCUT2D eigenvalue weighted by atomic mass is 10.1. The highest BCUT2D eigenvalue weighted by Crippen LogP contribution is 2.25. The number of carbonyl (C=O) groups excluding carboxylic acids is 1. The van der Waals surface area contributed by atoms with E-state index in [4.69, 9.17) is 8.94 Å². The Bertz CT molecular complexity index is 795. The molecule has 0 spiro atoms. The summed E-state index contributed by atoms with van der Waals surface area (Å²) < 4.78 is 10.6. The first-order chi connectivity index (χ1) is 11.8. The van der Waals surface area contributed by atoms with Crippen LogP contribution in [0.25, 0.3) is 11.6 Å². The van der Waals surface area contributed by atoms with E-state index in [-0.39, 0.29) is 11.8 Å². The Morgan fingerprint density at radius 3 is 3.12 bits per heavy atom. The van der Waals surface area contributed by atoms with Crippen LogP contribution in [0.1, 0.15) is 34.8 Å². The summed E-state index contributed by atoms with van der Waals surface area (Å²) in [6.45, 7) is 1.51. The van der Waals surface area contributed by atoms with Gasteiger partial charge < -0.3 is 8.94 Å². The Morgan fingerprint density at radius 2 is 2.33 bits per heavy atom. The van der Waals surface area contributed by atoms with E-state index in [1.165, 1.54) is 11.3 Å². The number of aromatic nitrogens is 2. The van der Waals surface area contributed by atoms with Crippen LogP contribution in [-0.4, -0.2) is 33.4 Å². The Kier molecular flexibility index (Phi) is 4.27. The zero-order valence-electron chi connectivity index (χ0n) is 13.1. The van der Waals surface area contributed by atoms with Crippen LogP contribution in [0.2, 0.25) is 0 Å². The lowest BCUT2D eigenvalue weighted by Crippen LogP contribution is -2.31. The molecule has 1 saturated heterocycles. The zero-order valence-corrected chi connectivity index (χ0v) is 13.9. The highest BCUT2D eigenvalue weighted by atomic mass is 32.1. The molecule has 6 nitrogen and oxygen atoms in total. The SMILES string of the molecule is O=C(C[C@@H]1CCCN1Cc1nc(-c2ccco2)no1)c1cccs1. The number of carbonyl (C=O) groups is 1. The minimum atomic E-state index is 0.212. The van der Waals surface area contributed by atoms with Gasteiger partial charge in [-0.2, -0.15) is 4.98 Å². The minimum Gasteiger partial charge on any atom is -0.461 e. The van der Waals surface area contributed by atoms with Crippen molar-refractivity contribution in [2.75, 3.05) is 6.54 Å². The first kappa shape index (κ1) is 15.3. The molecule has 4 heterocycles. The van der Waals surface area contributed by atoms with E-state index in [1.807, 2.05) is 17.5 Å². The summed E-state index contributed by atoms with van der Waals surface area (Å²) in [6, 6.07) is 7.63. The van der Waals surface area contributed by atoms with Gasteiger partial charge in [0.25, 0.3) is 0 Å². The summed E-state index contributed by atoms with van der Waals surface area (Å²) in [5.41, 5.74) is 0. The van der Waals surface area contributed by atoms with Gasteiger partial charge in [-0.3, -0.25) is 9.69 Å². The van der Waals surface area contributed by atoms with Gasteiger partial charge in [0.2, 0.25) is 11.7 Å². The van der Waals surface area contributed by atoms with Gasteiger partial charge in [-0.05, 0) is 43.0 Å². The predicted molar refractivity (Wildman–Crippen MR) is 88.7 cm³/mol. The summed E-state index contributed by atoms with van der Waals surface area (Å²) >= 11 is 1.50. The van der Waals surface area contributed by atoms with E-state index < -0.39 is 0 Å². The van der Waals surface area contributed by atoms with Crippen LogP contribution < -0.4 is 0 Å². The third-order valence-corrected chi connectivity index (χ3v) is 5.17. The number of ketones is 1. The number of hydrogen-bond donors (Lipinski definition) is 0. The molecule has 1 atom stereocenters. The summed E-state index contributed by atoms with van der Waals surface area (Å²) in [6.07, 6.45) is 4.23. The summed E-state index contributed by atoms with van der Waals surface area (Å²) in [5.74, 6) is 1.82. The minimum absolute atomic E-state index is 0.212. The monoisotopic (exact) mass is 343 g/mol. The molecule has 24 heavy (non-hydrogen) atoms. The second-order valence-electron chi connectivity index (χ2n) is 5.86. The lowest BCUT2D eigenvalue weighted by molar-refractivity contribution is 0.0936. The van der Waals surface area contributed by atoms with Crippen molar-refractivity contribution >= 4 is 17.1 Å². The van der Waals surface area contributed by atoms with Gasteiger partial charge >= 0.3 is 0 Å². The van der Waals surface area contributed by atoms with Gasteiger partial charge in [0, 0.05) is 12.5 Å². The molecule has 0 N–H and O–H groups in total. The van der Waals surface area contributed by atoms with Crippen LogP contribution in [0, 0.1) is 0 Å². The van der Waals surface area contributed by atoms with Crippen molar-refractivity contribution in [3.05, 3.63) is 46.7 Å². The molecule has 0 radical (unpaired) electrons. The number of hydrogen-bond acceptors (Lipinski definition) is 7. The van der Waals surface area contributed by atoms with Crippen LogP contribution in [0.15, 0.2) is 44.8 Å². The molecule has 7 heteroatoms. The molecule has 4 rings (SSSR count). The van der Waals surface area contributed by atoms with E-state index in [0.717, 1.165) is 24.3 Å². The van der Waals surface area contributed by atoms with Gasteiger partial charge in [-0.25, -0.2) is 0 Å². The van der Waals surface area contributed by atoms with Gasteiger partial charge in [0.1, 0.15) is 0 Å². The summed E-state index contributed by atoms with van der Waals surface area (Å²) in [7, 11) is 0. The Balaban J connectivity index is 1.41. The van der Waals surface area contributed by atoms with E-state index >= 15 is 0 Å². The highest BCUT2D eigenvalue weighted by molar-refractivity contribution is 7.12. The Hall–Kier alpha value is -2.25. The molecular formula is C17H17N3O3S. The summed E-state index contributed by atoms with van der Waals surface area (Å²) in [5, 5.41) is 5.89. The molecule has 1 aliphatic rings. The average Bonchev–Trinajstić information content (AvgIpc) is 3.37. The molecule has 3 aromatic heterocycles. The van der Waals surface area contributed by atoms with E-state index in [2.05, 4.69) is 15.0 Å². The number of furan rings is 1. The Labute approximate surface area is 143 Å². The van der Waals surface area contributed by atoms with Crippen LogP contribution in [0.5, 0.6) is 0 Å². The fourth-order valence-corrected chi connectivity index (χ4v) is 3.76. The maximum atomic E-state index is 12.3. The first-order valence-corrected chi connectivity index (χ1v) is 8.85. The van der Waals surface area contributed by atoms with Crippen LogP contribution in [0.3, 0.4) is 0 Å². The first-order valence-electron chi connectivity index (χ1n) is 7.97. The van der Waals surface area contributed by atoms with Crippen molar-refractivity contribution in [2.45, 2.75) is 31.8 Å². The van der Waals surface area contributed by atoms with Crippen LogP contribution in [0.4, 0.5) is 0 Å². The summed E-state index contributed by atoms with van der Waals surface area (Å²) in [4.78, 5) is 19.8. The van der Waals surface area contributed by atoms with Gasteiger partial charge in [-0.1, -0.05) is 11.2 Å². The normalized spacial score (nSPS) is 18.2. The fraction of sp³-hybridized carbons (Fsp3) is 0.353. The standard InChI is InChI=1S/C17H17N3O3S/c21-13(15-6-3-9-24-15)10-12-4-1-7-20(12)11-16-18-17(19-23-16)14-5-2-8-22-14/h2-3,5-6,8-9,12H,1,4,7,10-11H2/t12-/m0/s1. The zero-order chi connectivity index (χ0) is 16.4. The van der Waals surface area contributed by atoms with Crippen molar-refractivity contribution in [2.24, 2.45) is 0 Å². The predicted octanol–water partition coefficient (Wildman–Crippen LogP) is 3.63. The quantitative estimate of drug-likeness (QED) is 0.636. The van der Waals surface area contributed by atoms with Crippen molar-refractivity contribution < 1.29 is 13.7 Å². The molecule has 0 aliphatic carbocycles. The number of Topliss-reactive ketones (excluding diaryl/α,β-unsaturated/α-hetero) is 1. The maximum absolute atomic E-state index is 12.3. The van der Waals surface area contributed by atoms with E-state index in [9.17, 15) is 4.79 Å². The fourth-order valence-electron chi connectivity index (χ4n) is 3.08. The van der Waals surface area contributed by atoms with Crippen LogP contribution in [-0.2, 0) is 6.54 Å². The molecule has 0 unspecified atom stereocenters. The average molecular weight is 343 g/mol. The molecule has 0 amide bonds. The Morgan fingerprint density at radius 1 is 1.38 bits per heavy atom. The molecule has 124 valence electrons. The topological polar surface area (TPSA) is 72.4 Å². The second kappa shape index (κ2) is 6.70. The molecule has 3 aromatic rings. The van der Waals surface area contributed by atoms with Gasteiger partial charge in [0.15, 0.2) is 11.5 Å². The van der Waals surface area contributed by atoms with Crippen molar-refractivity contribution in [1.29, 1.82) is 0 Å². The van der Waals surface area contributed by atoms with Gasteiger partial charge in [-0.15, -0.1) is 11.3 Å². The lowest BCUT2D eigenvalue weighted by Gasteiger charge is -2.21. The molecular weight excluding hydrogens is 326 g/mol. The van der Waals surface area contributed by atoms with E-state index in [1.54, 1.807) is 18.4 Å². The molecule has 1 aliphatic heterocycles.